The first-order chi connectivity index (χ1) is 13.0. The van der Waals surface area contributed by atoms with E-state index in [9.17, 15) is 4.39 Å². The molecular formula is C23H29FN2S. The van der Waals surface area contributed by atoms with Crippen molar-refractivity contribution in [1.82, 2.24) is 9.80 Å². The van der Waals surface area contributed by atoms with Crippen molar-refractivity contribution in [1.29, 1.82) is 0 Å². The fraction of sp³-hybridized carbons (Fsp3) is 0.478. The monoisotopic (exact) mass is 384 g/mol. The molecule has 2 aromatic rings. The smallest absolute Gasteiger partial charge is 0.124 e. The fourth-order valence-corrected chi connectivity index (χ4v) is 5.36. The highest BCUT2D eigenvalue weighted by Gasteiger charge is 2.30. The Labute approximate surface area is 166 Å². The Bertz CT molecular complexity index is 812. The van der Waals surface area contributed by atoms with Crippen molar-refractivity contribution in [2.24, 2.45) is 0 Å². The lowest BCUT2D eigenvalue weighted by molar-refractivity contribution is 0.0977. The van der Waals surface area contributed by atoms with E-state index in [-0.39, 0.29) is 5.82 Å². The predicted molar refractivity (Wildman–Crippen MR) is 111 cm³/mol. The van der Waals surface area contributed by atoms with Gasteiger partial charge in [0.15, 0.2) is 0 Å². The molecule has 2 aliphatic heterocycles. The minimum Gasteiger partial charge on any atom is -0.301 e. The molecule has 0 saturated carbocycles. The number of halogens is 1. The van der Waals surface area contributed by atoms with E-state index in [4.69, 9.17) is 0 Å². The molecule has 1 saturated heterocycles. The first kappa shape index (κ1) is 19.0. The lowest BCUT2D eigenvalue weighted by Gasteiger charge is -2.39. The van der Waals surface area contributed by atoms with Crippen molar-refractivity contribution in [3.63, 3.8) is 0 Å². The summed E-state index contributed by atoms with van der Waals surface area (Å²) >= 11 is 1.73. The van der Waals surface area contributed by atoms with Crippen LogP contribution in [0.2, 0.25) is 0 Å². The minimum atomic E-state index is -0.142. The topological polar surface area (TPSA) is 6.48 Å². The van der Waals surface area contributed by atoms with Crippen molar-refractivity contribution in [2.45, 2.75) is 48.9 Å². The Morgan fingerprint density at radius 1 is 1.04 bits per heavy atom. The van der Waals surface area contributed by atoms with Crippen molar-refractivity contribution < 1.29 is 4.39 Å². The van der Waals surface area contributed by atoms with Crippen LogP contribution in [-0.4, -0.2) is 42.5 Å². The summed E-state index contributed by atoms with van der Waals surface area (Å²) in [6.45, 7) is 12.4. The maximum atomic E-state index is 13.9. The van der Waals surface area contributed by atoms with Gasteiger partial charge in [-0.3, -0.25) is 4.90 Å². The van der Waals surface area contributed by atoms with Gasteiger partial charge in [-0.05, 0) is 53.8 Å². The number of benzene rings is 2. The standard InChI is InChI=1S/C23H29FN2S/c1-4-25-9-11-26(12-10-25)21-14-18-5-7-19(24)15-23(18)27-22-8-6-17(16(2)3)13-20(21)22/h5-8,13,15-16,21H,4,9-12,14H2,1-3H3/t21-/m0/s1. The molecule has 144 valence electrons. The number of piperazine rings is 1. The molecule has 0 amide bonds. The van der Waals surface area contributed by atoms with Crippen LogP contribution < -0.4 is 0 Å². The van der Waals surface area contributed by atoms with Gasteiger partial charge in [0.2, 0.25) is 0 Å². The highest BCUT2D eigenvalue weighted by Crippen LogP contribution is 2.44. The van der Waals surface area contributed by atoms with Crippen molar-refractivity contribution in [3.05, 3.63) is 58.9 Å². The van der Waals surface area contributed by atoms with Crippen LogP contribution in [0.15, 0.2) is 46.2 Å². The largest absolute Gasteiger partial charge is 0.301 e. The number of hydrogen-bond donors (Lipinski definition) is 0. The Morgan fingerprint density at radius 2 is 1.81 bits per heavy atom. The van der Waals surface area contributed by atoms with Crippen molar-refractivity contribution in [3.8, 4) is 0 Å². The van der Waals surface area contributed by atoms with Crippen LogP contribution in [0.5, 0.6) is 0 Å². The van der Waals surface area contributed by atoms with Crippen LogP contribution in [0.25, 0.3) is 0 Å². The highest BCUT2D eigenvalue weighted by atomic mass is 32.2. The first-order valence-corrected chi connectivity index (χ1v) is 10.9. The maximum Gasteiger partial charge on any atom is 0.124 e. The lowest BCUT2D eigenvalue weighted by atomic mass is 9.93. The summed E-state index contributed by atoms with van der Waals surface area (Å²) in [4.78, 5) is 7.53. The summed E-state index contributed by atoms with van der Waals surface area (Å²) in [7, 11) is 0. The number of hydrogen-bond acceptors (Lipinski definition) is 3. The molecule has 2 nitrogen and oxygen atoms in total. The molecular weight excluding hydrogens is 355 g/mol. The number of nitrogens with zero attached hydrogens (tertiary/aromatic N) is 2. The first-order valence-electron chi connectivity index (χ1n) is 10.1. The van der Waals surface area contributed by atoms with Crippen LogP contribution >= 0.6 is 11.8 Å². The van der Waals surface area contributed by atoms with E-state index in [0.717, 1.165) is 44.0 Å². The Hall–Kier alpha value is -1.36. The number of rotatable bonds is 3. The molecule has 0 aromatic heterocycles. The van der Waals surface area contributed by atoms with Crippen molar-refractivity contribution >= 4 is 11.8 Å². The normalized spacial score (nSPS) is 21.0. The molecule has 2 aromatic carbocycles. The second-order valence-electron chi connectivity index (χ2n) is 8.00. The number of likely N-dealkylation sites (N-methyl/N-ethyl adjacent to an activating group) is 1. The van der Waals surface area contributed by atoms with Crippen molar-refractivity contribution in [2.75, 3.05) is 32.7 Å². The van der Waals surface area contributed by atoms with Gasteiger partial charge in [-0.15, -0.1) is 0 Å². The van der Waals surface area contributed by atoms with Gasteiger partial charge in [0.05, 0.1) is 0 Å². The van der Waals surface area contributed by atoms with E-state index in [1.54, 1.807) is 23.9 Å². The van der Waals surface area contributed by atoms with E-state index in [1.165, 1.54) is 21.6 Å². The molecule has 2 aliphatic rings. The molecule has 0 unspecified atom stereocenters. The summed E-state index contributed by atoms with van der Waals surface area (Å²) in [5.41, 5.74) is 4.09. The third kappa shape index (κ3) is 3.94. The van der Waals surface area contributed by atoms with Gasteiger partial charge in [0, 0.05) is 42.0 Å². The van der Waals surface area contributed by atoms with Gasteiger partial charge >= 0.3 is 0 Å². The molecule has 4 heteroatoms. The zero-order chi connectivity index (χ0) is 19.0. The Morgan fingerprint density at radius 3 is 2.52 bits per heavy atom. The van der Waals surface area contributed by atoms with E-state index in [1.807, 2.05) is 6.07 Å². The third-order valence-corrected chi connectivity index (χ3v) is 7.21. The summed E-state index contributed by atoms with van der Waals surface area (Å²) in [6, 6.07) is 12.6. The molecule has 0 spiro atoms. The number of fused-ring (bicyclic) bond motifs is 2. The average molecular weight is 385 g/mol. The Balaban J connectivity index is 1.74. The molecule has 0 bridgehead atoms. The summed E-state index contributed by atoms with van der Waals surface area (Å²) < 4.78 is 13.9. The van der Waals surface area contributed by atoms with E-state index < -0.39 is 0 Å². The summed E-state index contributed by atoms with van der Waals surface area (Å²) in [5, 5.41) is 0. The molecule has 27 heavy (non-hydrogen) atoms. The highest BCUT2D eigenvalue weighted by molar-refractivity contribution is 7.99. The SMILES string of the molecule is CCN1CCN([C@H]2Cc3ccc(F)cc3Sc3ccc(C(C)C)cc32)CC1. The van der Waals surface area contributed by atoms with Crippen LogP contribution in [0.4, 0.5) is 4.39 Å². The molecule has 1 fully saturated rings. The summed E-state index contributed by atoms with van der Waals surface area (Å²) in [5.74, 6) is 0.373. The molecule has 0 radical (unpaired) electrons. The molecule has 0 aliphatic carbocycles. The van der Waals surface area contributed by atoms with Crippen LogP contribution in [-0.2, 0) is 6.42 Å². The van der Waals surface area contributed by atoms with Gasteiger partial charge in [-0.25, -0.2) is 4.39 Å². The van der Waals surface area contributed by atoms with E-state index in [2.05, 4.69) is 48.8 Å². The quantitative estimate of drug-likeness (QED) is 0.706. The lowest BCUT2D eigenvalue weighted by Crippen LogP contribution is -2.47. The van der Waals surface area contributed by atoms with E-state index in [0.29, 0.717) is 12.0 Å². The van der Waals surface area contributed by atoms with Crippen LogP contribution in [0.1, 0.15) is 49.4 Å². The Kier molecular flexibility index (Phi) is 5.58. The van der Waals surface area contributed by atoms with Gasteiger partial charge in [0.1, 0.15) is 5.82 Å². The third-order valence-electron chi connectivity index (χ3n) is 6.02. The summed E-state index contributed by atoms with van der Waals surface area (Å²) in [6.07, 6.45) is 0.962. The molecule has 4 rings (SSSR count). The molecule has 1 atom stereocenters. The minimum absolute atomic E-state index is 0.142. The zero-order valence-corrected chi connectivity index (χ0v) is 17.4. The predicted octanol–water partition coefficient (Wildman–Crippen LogP) is 5.34. The van der Waals surface area contributed by atoms with Crippen LogP contribution in [0, 0.1) is 5.82 Å². The van der Waals surface area contributed by atoms with Gasteiger partial charge in [0.25, 0.3) is 0 Å². The molecule has 2 heterocycles. The van der Waals surface area contributed by atoms with Crippen LogP contribution in [0.3, 0.4) is 0 Å². The maximum absolute atomic E-state index is 13.9. The van der Waals surface area contributed by atoms with Gasteiger partial charge < -0.3 is 4.90 Å². The second-order valence-corrected chi connectivity index (χ2v) is 9.08. The van der Waals surface area contributed by atoms with E-state index >= 15 is 0 Å². The second kappa shape index (κ2) is 7.94. The van der Waals surface area contributed by atoms with Gasteiger partial charge in [-0.1, -0.05) is 50.7 Å². The average Bonchev–Trinajstić information content (AvgIpc) is 2.83. The van der Waals surface area contributed by atoms with Gasteiger partial charge in [-0.2, -0.15) is 0 Å². The zero-order valence-electron chi connectivity index (χ0n) is 16.5. The fourth-order valence-electron chi connectivity index (χ4n) is 4.23. The molecule has 0 N–H and O–H groups in total.